The van der Waals surface area contributed by atoms with E-state index in [1.54, 1.807) is 22.8 Å². The first-order valence-corrected chi connectivity index (χ1v) is 11.5. The van der Waals surface area contributed by atoms with Crippen molar-refractivity contribution in [3.63, 3.8) is 0 Å². The lowest BCUT2D eigenvalue weighted by atomic mass is 10.1. The van der Waals surface area contributed by atoms with E-state index in [9.17, 15) is 9.18 Å². The fourth-order valence-corrected chi connectivity index (χ4v) is 4.78. The molecule has 1 aliphatic rings. The Bertz CT molecular complexity index is 1680. The number of nitrogens with one attached hydrogen (secondary N) is 1. The van der Waals surface area contributed by atoms with Crippen molar-refractivity contribution in [2.24, 2.45) is 0 Å². The number of nitrogens with zero attached hydrogens (tertiary/aromatic N) is 8. The van der Waals surface area contributed by atoms with Gasteiger partial charge in [-0.3, -0.25) is 9.36 Å². The van der Waals surface area contributed by atoms with E-state index in [-0.39, 0.29) is 27.8 Å². The molecule has 14 heteroatoms. The van der Waals surface area contributed by atoms with Gasteiger partial charge in [0, 0.05) is 23.1 Å². The van der Waals surface area contributed by atoms with E-state index < -0.39 is 12.0 Å². The van der Waals surface area contributed by atoms with E-state index in [1.165, 1.54) is 29.2 Å². The van der Waals surface area contributed by atoms with E-state index in [1.807, 2.05) is 0 Å². The number of hydrogen-bond donors (Lipinski definition) is 2. The maximum absolute atomic E-state index is 14.4. The zero-order valence-electron chi connectivity index (χ0n) is 18.2. The lowest BCUT2D eigenvalue weighted by Gasteiger charge is -2.14. The molecule has 36 heavy (non-hydrogen) atoms. The van der Waals surface area contributed by atoms with Crippen LogP contribution in [0.25, 0.3) is 28.2 Å². The van der Waals surface area contributed by atoms with E-state index in [0.717, 1.165) is 0 Å². The monoisotopic (exact) mass is 524 g/mol. The first-order valence-electron chi connectivity index (χ1n) is 10.7. The third-order valence-electron chi connectivity index (χ3n) is 5.94. The number of fused-ring (bicyclic) bond motifs is 1. The van der Waals surface area contributed by atoms with Crippen LogP contribution >= 0.6 is 23.2 Å². The van der Waals surface area contributed by atoms with Crippen molar-refractivity contribution < 1.29 is 4.39 Å². The first-order chi connectivity index (χ1) is 17.4. The Labute approximate surface area is 211 Å². The standard InChI is InChI=1S/C22H15Cl2FN10O/c23-10-1-3-14(34-9-27-32-33-34)12(7-10)13-8-18(36)35-15(4-6-17(35)28-13)22-30-19(20(24)31-22)11-2-5-16(26)29-21(11)25/h1-3,5,7-9,15H,4,6H2,(H2,26,29)(H,30,31)/t15-/m0/s1. The SMILES string of the molecule is Nc1ccc(-c2[nH]c([C@@H]3CCc4nc(-c5cc(Cl)ccc5-n5cnnn5)cc(=O)n43)nc2Cl)c(F)n1. The van der Waals surface area contributed by atoms with Crippen LogP contribution in [0.2, 0.25) is 10.2 Å². The highest BCUT2D eigenvalue weighted by molar-refractivity contribution is 6.32. The minimum absolute atomic E-state index is 0.0493. The molecule has 4 aromatic heterocycles. The Morgan fingerprint density at radius 1 is 1.08 bits per heavy atom. The van der Waals surface area contributed by atoms with Gasteiger partial charge in [0.05, 0.1) is 28.7 Å². The number of hydrogen-bond acceptors (Lipinski definition) is 8. The normalized spacial score (nSPS) is 14.8. The van der Waals surface area contributed by atoms with Crippen LogP contribution in [0, 0.1) is 5.95 Å². The van der Waals surface area contributed by atoms with Gasteiger partial charge in [0.2, 0.25) is 5.95 Å². The summed E-state index contributed by atoms with van der Waals surface area (Å²) in [6, 6.07) is 9.07. The molecule has 5 aromatic rings. The largest absolute Gasteiger partial charge is 0.384 e. The molecule has 1 atom stereocenters. The fraction of sp³-hybridized carbons (Fsp3) is 0.136. The molecule has 11 nitrogen and oxygen atoms in total. The Balaban J connectivity index is 1.41. The molecule has 0 radical (unpaired) electrons. The summed E-state index contributed by atoms with van der Waals surface area (Å²) in [6.45, 7) is 0. The number of H-pyrrole nitrogens is 1. The number of aromatic amines is 1. The summed E-state index contributed by atoms with van der Waals surface area (Å²) in [5, 5.41) is 11.8. The zero-order chi connectivity index (χ0) is 25.0. The number of imidazole rings is 1. The van der Waals surface area contributed by atoms with Crippen LogP contribution in [-0.4, -0.2) is 44.7 Å². The maximum Gasteiger partial charge on any atom is 0.254 e. The molecular weight excluding hydrogens is 510 g/mol. The van der Waals surface area contributed by atoms with Crippen molar-refractivity contribution in [2.75, 3.05) is 5.73 Å². The highest BCUT2D eigenvalue weighted by Gasteiger charge is 2.30. The fourth-order valence-electron chi connectivity index (χ4n) is 4.37. The van der Waals surface area contributed by atoms with E-state index in [2.05, 4.69) is 30.5 Å². The summed E-state index contributed by atoms with van der Waals surface area (Å²) in [5.74, 6) is 0.258. The van der Waals surface area contributed by atoms with Gasteiger partial charge in [0.15, 0.2) is 5.15 Å². The van der Waals surface area contributed by atoms with Crippen molar-refractivity contribution >= 4 is 29.0 Å². The van der Waals surface area contributed by atoms with E-state index in [4.69, 9.17) is 33.9 Å². The van der Waals surface area contributed by atoms with Crippen molar-refractivity contribution in [2.45, 2.75) is 18.9 Å². The van der Waals surface area contributed by atoms with Crippen molar-refractivity contribution in [3.05, 3.63) is 80.9 Å². The molecule has 0 bridgehead atoms. The van der Waals surface area contributed by atoms with Crippen LogP contribution in [0.5, 0.6) is 0 Å². The molecule has 5 heterocycles. The average Bonchev–Trinajstić information content (AvgIpc) is 3.59. The van der Waals surface area contributed by atoms with Gasteiger partial charge in [0.1, 0.15) is 23.8 Å². The number of nitrogens with two attached hydrogens (primary N) is 1. The predicted molar refractivity (Wildman–Crippen MR) is 129 cm³/mol. The smallest absolute Gasteiger partial charge is 0.254 e. The summed E-state index contributed by atoms with van der Waals surface area (Å²) in [5.41, 5.74) is 7.31. The van der Waals surface area contributed by atoms with Crippen LogP contribution in [0.15, 0.2) is 47.5 Å². The average molecular weight is 525 g/mol. The van der Waals surface area contributed by atoms with Crippen LogP contribution in [0.4, 0.5) is 10.2 Å². The van der Waals surface area contributed by atoms with Gasteiger partial charge < -0.3 is 10.7 Å². The number of aromatic nitrogens is 9. The number of tetrazole rings is 1. The topological polar surface area (TPSA) is 146 Å². The molecule has 0 saturated heterocycles. The van der Waals surface area contributed by atoms with Crippen molar-refractivity contribution in [1.29, 1.82) is 0 Å². The Kier molecular flexibility index (Phi) is 5.27. The molecule has 0 fully saturated rings. The number of aryl methyl sites for hydroxylation is 1. The molecule has 1 aliphatic heterocycles. The summed E-state index contributed by atoms with van der Waals surface area (Å²) in [7, 11) is 0. The summed E-state index contributed by atoms with van der Waals surface area (Å²) in [6.07, 6.45) is 2.51. The van der Waals surface area contributed by atoms with Crippen LogP contribution in [0.3, 0.4) is 0 Å². The molecule has 0 saturated carbocycles. The molecule has 0 amide bonds. The summed E-state index contributed by atoms with van der Waals surface area (Å²) >= 11 is 12.6. The summed E-state index contributed by atoms with van der Waals surface area (Å²) < 4.78 is 17.4. The zero-order valence-corrected chi connectivity index (χ0v) is 19.7. The number of anilines is 1. The second kappa shape index (κ2) is 8.50. The minimum atomic E-state index is -0.776. The quantitative estimate of drug-likeness (QED) is 0.340. The highest BCUT2D eigenvalue weighted by atomic mass is 35.5. The first kappa shape index (κ1) is 22.3. The number of benzene rings is 1. The van der Waals surface area contributed by atoms with E-state index >= 15 is 0 Å². The highest BCUT2D eigenvalue weighted by Crippen LogP contribution is 2.35. The second-order valence-corrected chi connectivity index (χ2v) is 8.89. The van der Waals surface area contributed by atoms with Crippen LogP contribution in [0.1, 0.15) is 24.1 Å². The summed E-state index contributed by atoms with van der Waals surface area (Å²) in [4.78, 5) is 29.1. The van der Waals surface area contributed by atoms with Crippen molar-refractivity contribution in [1.82, 2.24) is 44.7 Å². The lowest BCUT2D eigenvalue weighted by molar-refractivity contribution is 0.567. The Morgan fingerprint density at radius 2 is 1.94 bits per heavy atom. The molecule has 0 unspecified atom stereocenters. The second-order valence-electron chi connectivity index (χ2n) is 8.10. The molecule has 3 N–H and O–H groups in total. The number of nitrogen functional groups attached to an aromatic ring is 1. The Hall–Kier alpha value is -4.16. The van der Waals surface area contributed by atoms with Gasteiger partial charge in [-0.2, -0.15) is 9.07 Å². The van der Waals surface area contributed by atoms with Gasteiger partial charge in [-0.25, -0.2) is 15.0 Å². The molecule has 6 rings (SSSR count). The number of rotatable bonds is 4. The van der Waals surface area contributed by atoms with Gasteiger partial charge in [-0.05, 0) is 47.2 Å². The predicted octanol–water partition coefficient (Wildman–Crippen LogP) is 3.23. The van der Waals surface area contributed by atoms with E-state index in [0.29, 0.717) is 46.5 Å². The third-order valence-corrected chi connectivity index (χ3v) is 6.45. The lowest BCUT2D eigenvalue weighted by Crippen LogP contribution is -2.25. The Morgan fingerprint density at radius 3 is 2.72 bits per heavy atom. The maximum atomic E-state index is 14.4. The molecular formula is C22H15Cl2FN10O. The number of pyridine rings is 1. The van der Waals surface area contributed by atoms with Gasteiger partial charge in [-0.15, -0.1) is 5.10 Å². The third kappa shape index (κ3) is 3.71. The molecule has 0 spiro atoms. The van der Waals surface area contributed by atoms with Gasteiger partial charge >= 0.3 is 0 Å². The molecule has 180 valence electrons. The molecule has 1 aromatic carbocycles. The van der Waals surface area contributed by atoms with Crippen molar-refractivity contribution in [3.8, 4) is 28.2 Å². The minimum Gasteiger partial charge on any atom is -0.384 e. The number of halogens is 3. The van der Waals surface area contributed by atoms with Gasteiger partial charge in [-0.1, -0.05) is 23.2 Å². The van der Waals surface area contributed by atoms with Gasteiger partial charge in [0.25, 0.3) is 5.56 Å². The molecule has 0 aliphatic carbocycles. The van der Waals surface area contributed by atoms with Crippen LogP contribution in [-0.2, 0) is 6.42 Å². The van der Waals surface area contributed by atoms with Crippen LogP contribution < -0.4 is 11.3 Å².